The molecule has 0 N–H and O–H groups in total. The van der Waals surface area contributed by atoms with E-state index in [2.05, 4.69) is 0 Å². The van der Waals surface area contributed by atoms with Crippen molar-refractivity contribution in [3.63, 3.8) is 0 Å². The van der Waals surface area contributed by atoms with Crippen molar-refractivity contribution >= 4 is 11.8 Å². The molecule has 0 radical (unpaired) electrons. The molecule has 154 valence electrons. The number of ether oxygens (including phenoxy) is 2. The predicted molar refractivity (Wildman–Crippen MR) is 111 cm³/mol. The summed E-state index contributed by atoms with van der Waals surface area (Å²) in [6.07, 6.45) is 2.27. The van der Waals surface area contributed by atoms with E-state index in [9.17, 15) is 9.59 Å². The average molecular weight is 396 g/mol. The van der Waals surface area contributed by atoms with Gasteiger partial charge < -0.3 is 19.3 Å². The number of amides is 2. The van der Waals surface area contributed by atoms with Gasteiger partial charge in [0.25, 0.3) is 5.91 Å². The van der Waals surface area contributed by atoms with Gasteiger partial charge in [0.1, 0.15) is 0 Å². The van der Waals surface area contributed by atoms with E-state index in [0.29, 0.717) is 31.0 Å². The van der Waals surface area contributed by atoms with Crippen LogP contribution in [-0.2, 0) is 16.1 Å². The maximum atomic E-state index is 12.7. The minimum absolute atomic E-state index is 0.0259. The van der Waals surface area contributed by atoms with E-state index in [1.165, 1.54) is 0 Å². The van der Waals surface area contributed by atoms with Gasteiger partial charge >= 0.3 is 0 Å². The molecule has 2 aromatic rings. The highest BCUT2D eigenvalue weighted by Crippen LogP contribution is 2.29. The quantitative estimate of drug-likeness (QED) is 0.619. The molecule has 1 aliphatic carbocycles. The van der Waals surface area contributed by atoms with Crippen LogP contribution in [0.15, 0.2) is 54.6 Å². The van der Waals surface area contributed by atoms with E-state index in [-0.39, 0.29) is 24.5 Å². The third-order valence-corrected chi connectivity index (χ3v) is 4.98. The molecule has 0 aromatic heterocycles. The zero-order valence-electron chi connectivity index (χ0n) is 17.0. The molecule has 0 spiro atoms. The Labute approximate surface area is 172 Å². The molecule has 6 heteroatoms. The van der Waals surface area contributed by atoms with Crippen LogP contribution in [0.4, 0.5) is 0 Å². The fraction of sp³-hybridized carbons (Fsp3) is 0.391. The first kappa shape index (κ1) is 20.7. The van der Waals surface area contributed by atoms with Crippen molar-refractivity contribution < 1.29 is 19.1 Å². The van der Waals surface area contributed by atoms with Gasteiger partial charge in [-0.1, -0.05) is 42.5 Å². The van der Waals surface area contributed by atoms with Crippen molar-refractivity contribution in [2.75, 3.05) is 27.3 Å². The SMILES string of the molecule is COc1ccccc1OCC(=O)N(CCC(=O)N(C)Cc1ccccc1)C1CC1. The third kappa shape index (κ3) is 5.98. The van der Waals surface area contributed by atoms with Gasteiger partial charge in [-0.05, 0) is 30.5 Å². The predicted octanol–water partition coefficient (Wildman–Crippen LogP) is 3.11. The molecular formula is C23H28N2O4. The molecule has 1 fully saturated rings. The fourth-order valence-electron chi connectivity index (χ4n) is 3.21. The van der Waals surface area contributed by atoms with Crippen LogP contribution in [-0.4, -0.2) is 55.0 Å². The number of benzene rings is 2. The molecule has 1 saturated carbocycles. The first-order chi connectivity index (χ1) is 14.1. The monoisotopic (exact) mass is 396 g/mol. The van der Waals surface area contributed by atoms with Crippen LogP contribution in [0.25, 0.3) is 0 Å². The van der Waals surface area contributed by atoms with Crippen molar-refractivity contribution in [3.8, 4) is 11.5 Å². The molecule has 0 bridgehead atoms. The number of rotatable bonds is 10. The lowest BCUT2D eigenvalue weighted by molar-refractivity contribution is -0.136. The second kappa shape index (κ2) is 9.96. The van der Waals surface area contributed by atoms with Gasteiger partial charge in [0.15, 0.2) is 18.1 Å². The van der Waals surface area contributed by atoms with E-state index in [1.807, 2.05) is 42.5 Å². The lowest BCUT2D eigenvalue weighted by Crippen LogP contribution is -2.39. The van der Waals surface area contributed by atoms with Gasteiger partial charge in [0.2, 0.25) is 5.91 Å². The first-order valence-corrected chi connectivity index (χ1v) is 9.91. The van der Waals surface area contributed by atoms with E-state index < -0.39 is 0 Å². The van der Waals surface area contributed by atoms with Crippen LogP contribution in [0, 0.1) is 0 Å². The summed E-state index contributed by atoms with van der Waals surface area (Å²) in [7, 11) is 3.36. The minimum Gasteiger partial charge on any atom is -0.493 e. The molecule has 0 atom stereocenters. The second-order valence-corrected chi connectivity index (χ2v) is 7.24. The molecular weight excluding hydrogens is 368 g/mol. The Kier molecular flexibility index (Phi) is 7.11. The summed E-state index contributed by atoms with van der Waals surface area (Å²) in [6, 6.07) is 17.3. The number of hydrogen-bond donors (Lipinski definition) is 0. The highest BCUT2D eigenvalue weighted by atomic mass is 16.5. The van der Waals surface area contributed by atoms with Crippen molar-refractivity contribution in [1.82, 2.24) is 9.80 Å². The van der Waals surface area contributed by atoms with Gasteiger partial charge in [-0.25, -0.2) is 0 Å². The lowest BCUT2D eigenvalue weighted by atomic mass is 10.2. The highest BCUT2D eigenvalue weighted by Gasteiger charge is 2.33. The summed E-state index contributed by atoms with van der Waals surface area (Å²) in [5, 5.41) is 0. The Morgan fingerprint density at radius 1 is 0.966 bits per heavy atom. The summed E-state index contributed by atoms with van der Waals surface area (Å²) in [5.74, 6) is 1.06. The van der Waals surface area contributed by atoms with E-state index in [0.717, 1.165) is 18.4 Å². The van der Waals surface area contributed by atoms with Crippen molar-refractivity contribution in [1.29, 1.82) is 0 Å². The summed E-state index contributed by atoms with van der Waals surface area (Å²) in [4.78, 5) is 28.7. The van der Waals surface area contributed by atoms with Crippen LogP contribution >= 0.6 is 0 Å². The molecule has 0 unspecified atom stereocenters. The number of nitrogens with zero attached hydrogens (tertiary/aromatic N) is 2. The minimum atomic E-state index is -0.100. The summed E-state index contributed by atoms with van der Waals surface area (Å²) in [5.41, 5.74) is 1.09. The van der Waals surface area contributed by atoms with Crippen LogP contribution < -0.4 is 9.47 Å². The molecule has 2 aromatic carbocycles. The van der Waals surface area contributed by atoms with Crippen molar-refractivity contribution in [2.24, 2.45) is 0 Å². The Bertz CT molecular complexity index is 821. The summed E-state index contributed by atoms with van der Waals surface area (Å²) >= 11 is 0. The molecule has 0 saturated heterocycles. The Morgan fingerprint density at radius 3 is 2.28 bits per heavy atom. The van der Waals surface area contributed by atoms with E-state index >= 15 is 0 Å². The second-order valence-electron chi connectivity index (χ2n) is 7.24. The molecule has 2 amide bonds. The van der Waals surface area contributed by atoms with Gasteiger partial charge in [-0.2, -0.15) is 0 Å². The highest BCUT2D eigenvalue weighted by molar-refractivity contribution is 5.80. The van der Waals surface area contributed by atoms with Crippen LogP contribution in [0.2, 0.25) is 0 Å². The molecule has 1 aliphatic rings. The Morgan fingerprint density at radius 2 is 1.62 bits per heavy atom. The van der Waals surface area contributed by atoms with Gasteiger partial charge in [0.05, 0.1) is 7.11 Å². The van der Waals surface area contributed by atoms with E-state index in [1.54, 1.807) is 36.1 Å². The van der Waals surface area contributed by atoms with Gasteiger partial charge in [-0.15, -0.1) is 0 Å². The molecule has 0 heterocycles. The Hall–Kier alpha value is -3.02. The normalized spacial score (nSPS) is 12.9. The Balaban J connectivity index is 1.50. The topological polar surface area (TPSA) is 59.1 Å². The lowest BCUT2D eigenvalue weighted by Gasteiger charge is -2.24. The number of carbonyl (C=O) groups is 2. The number of hydrogen-bond acceptors (Lipinski definition) is 4. The standard InChI is InChI=1S/C23H28N2O4/c1-24(16-18-8-4-3-5-9-18)22(26)14-15-25(19-12-13-19)23(27)17-29-21-11-7-6-10-20(21)28-2/h3-11,19H,12-17H2,1-2H3. The average Bonchev–Trinajstić information content (AvgIpc) is 3.58. The number of methoxy groups -OCH3 is 1. The first-order valence-electron chi connectivity index (χ1n) is 9.91. The maximum Gasteiger partial charge on any atom is 0.260 e. The number of carbonyl (C=O) groups excluding carboxylic acids is 2. The van der Waals surface area contributed by atoms with Gasteiger partial charge in [0, 0.05) is 32.6 Å². The summed E-state index contributed by atoms with van der Waals surface area (Å²) in [6.45, 7) is 0.912. The molecule has 3 rings (SSSR count). The fourth-order valence-corrected chi connectivity index (χ4v) is 3.21. The van der Waals surface area contributed by atoms with Crippen molar-refractivity contribution in [3.05, 3.63) is 60.2 Å². The zero-order valence-corrected chi connectivity index (χ0v) is 17.0. The maximum absolute atomic E-state index is 12.7. The van der Waals surface area contributed by atoms with Crippen LogP contribution in [0.5, 0.6) is 11.5 Å². The van der Waals surface area contributed by atoms with E-state index in [4.69, 9.17) is 9.47 Å². The molecule has 29 heavy (non-hydrogen) atoms. The largest absolute Gasteiger partial charge is 0.493 e. The summed E-state index contributed by atoms with van der Waals surface area (Å²) < 4.78 is 10.9. The van der Waals surface area contributed by atoms with Crippen molar-refractivity contribution in [2.45, 2.75) is 31.8 Å². The molecule has 6 nitrogen and oxygen atoms in total. The molecule has 0 aliphatic heterocycles. The van der Waals surface area contributed by atoms with Gasteiger partial charge in [-0.3, -0.25) is 9.59 Å². The smallest absolute Gasteiger partial charge is 0.260 e. The third-order valence-electron chi connectivity index (χ3n) is 4.98. The van der Waals surface area contributed by atoms with Crippen LogP contribution in [0.3, 0.4) is 0 Å². The number of para-hydroxylation sites is 2. The van der Waals surface area contributed by atoms with Crippen LogP contribution in [0.1, 0.15) is 24.8 Å². The zero-order chi connectivity index (χ0) is 20.6.